The lowest BCUT2D eigenvalue weighted by atomic mass is 10.4. The SMILES string of the molecule is CCOC(=O)c1cnn(-c2nccnc2N)c1. The highest BCUT2D eigenvalue weighted by molar-refractivity contribution is 5.88. The molecule has 0 saturated carbocycles. The third-order valence-electron chi connectivity index (χ3n) is 2.02. The number of carbonyl (C=O) groups excluding carboxylic acids is 1. The van der Waals surface area contributed by atoms with E-state index in [-0.39, 0.29) is 5.82 Å². The number of ether oxygens (including phenoxy) is 1. The molecule has 0 atom stereocenters. The van der Waals surface area contributed by atoms with Crippen molar-refractivity contribution in [2.45, 2.75) is 6.92 Å². The number of aromatic nitrogens is 4. The van der Waals surface area contributed by atoms with Gasteiger partial charge in [0.15, 0.2) is 11.6 Å². The van der Waals surface area contributed by atoms with Crippen LogP contribution in [0.3, 0.4) is 0 Å². The minimum atomic E-state index is -0.429. The van der Waals surface area contributed by atoms with Crippen LogP contribution in [0.1, 0.15) is 17.3 Å². The lowest BCUT2D eigenvalue weighted by Crippen LogP contribution is -2.05. The molecule has 7 nitrogen and oxygen atoms in total. The third-order valence-corrected chi connectivity index (χ3v) is 2.02. The highest BCUT2D eigenvalue weighted by Crippen LogP contribution is 2.10. The number of hydrogen-bond donors (Lipinski definition) is 1. The number of nitrogen functional groups attached to an aromatic ring is 1. The Bertz CT molecular complexity index is 537. The van der Waals surface area contributed by atoms with Crippen molar-refractivity contribution in [3.63, 3.8) is 0 Å². The zero-order valence-corrected chi connectivity index (χ0v) is 9.20. The molecule has 0 unspecified atom stereocenters. The van der Waals surface area contributed by atoms with Gasteiger partial charge in [-0.25, -0.2) is 19.4 Å². The van der Waals surface area contributed by atoms with Gasteiger partial charge in [0.1, 0.15) is 0 Å². The number of anilines is 1. The van der Waals surface area contributed by atoms with Gasteiger partial charge in [-0.3, -0.25) is 0 Å². The molecule has 0 radical (unpaired) electrons. The zero-order valence-electron chi connectivity index (χ0n) is 9.20. The van der Waals surface area contributed by atoms with Gasteiger partial charge in [0, 0.05) is 18.6 Å². The van der Waals surface area contributed by atoms with Crippen molar-refractivity contribution < 1.29 is 9.53 Å². The number of nitrogens with two attached hydrogens (primary N) is 1. The molecule has 0 fully saturated rings. The Morgan fingerprint density at radius 1 is 1.47 bits per heavy atom. The Balaban J connectivity index is 2.30. The van der Waals surface area contributed by atoms with Gasteiger partial charge in [-0.05, 0) is 6.92 Å². The van der Waals surface area contributed by atoms with Gasteiger partial charge in [-0.2, -0.15) is 5.10 Å². The third kappa shape index (κ3) is 2.22. The fourth-order valence-corrected chi connectivity index (χ4v) is 1.28. The summed E-state index contributed by atoms with van der Waals surface area (Å²) in [4.78, 5) is 19.3. The summed E-state index contributed by atoms with van der Waals surface area (Å²) in [5.41, 5.74) is 5.99. The largest absolute Gasteiger partial charge is 0.462 e. The van der Waals surface area contributed by atoms with Crippen molar-refractivity contribution in [3.8, 4) is 5.82 Å². The van der Waals surface area contributed by atoms with E-state index in [0.29, 0.717) is 18.0 Å². The van der Waals surface area contributed by atoms with Gasteiger partial charge in [-0.15, -0.1) is 0 Å². The molecular weight excluding hydrogens is 222 g/mol. The molecule has 2 aromatic rings. The molecule has 0 aliphatic rings. The molecule has 0 saturated heterocycles. The molecule has 0 aliphatic heterocycles. The van der Waals surface area contributed by atoms with Crippen molar-refractivity contribution >= 4 is 11.8 Å². The molecule has 0 aromatic carbocycles. The second-order valence-corrected chi connectivity index (χ2v) is 3.16. The molecule has 0 amide bonds. The maximum atomic E-state index is 11.4. The van der Waals surface area contributed by atoms with E-state index in [4.69, 9.17) is 10.5 Å². The summed E-state index contributed by atoms with van der Waals surface area (Å²) in [5.74, 6) is 0.190. The van der Waals surface area contributed by atoms with Crippen molar-refractivity contribution in [2.75, 3.05) is 12.3 Å². The minimum Gasteiger partial charge on any atom is -0.462 e. The summed E-state index contributed by atoms with van der Waals surface area (Å²) >= 11 is 0. The minimum absolute atomic E-state index is 0.242. The average Bonchev–Trinajstić information content (AvgIpc) is 2.79. The van der Waals surface area contributed by atoms with E-state index in [1.165, 1.54) is 29.5 Å². The van der Waals surface area contributed by atoms with Crippen LogP contribution in [0.15, 0.2) is 24.8 Å². The second kappa shape index (κ2) is 4.60. The molecule has 0 bridgehead atoms. The van der Waals surface area contributed by atoms with Crippen molar-refractivity contribution in [3.05, 3.63) is 30.4 Å². The Morgan fingerprint density at radius 2 is 2.24 bits per heavy atom. The fourth-order valence-electron chi connectivity index (χ4n) is 1.28. The summed E-state index contributed by atoms with van der Waals surface area (Å²) < 4.78 is 6.23. The molecule has 88 valence electrons. The van der Waals surface area contributed by atoms with E-state index in [9.17, 15) is 4.79 Å². The molecule has 17 heavy (non-hydrogen) atoms. The van der Waals surface area contributed by atoms with E-state index < -0.39 is 5.97 Å². The highest BCUT2D eigenvalue weighted by atomic mass is 16.5. The Kier molecular flexibility index (Phi) is 2.99. The van der Waals surface area contributed by atoms with Gasteiger partial charge < -0.3 is 10.5 Å². The van der Waals surface area contributed by atoms with Crippen molar-refractivity contribution in [1.82, 2.24) is 19.7 Å². The molecule has 2 heterocycles. The molecule has 7 heteroatoms. The average molecular weight is 233 g/mol. The molecule has 2 rings (SSSR count). The predicted octanol–water partition coefficient (Wildman–Crippen LogP) is 0.421. The normalized spacial score (nSPS) is 10.2. The van der Waals surface area contributed by atoms with Crippen LogP contribution in [0, 0.1) is 0 Å². The van der Waals surface area contributed by atoms with Crippen LogP contribution in [-0.2, 0) is 4.74 Å². The first-order valence-corrected chi connectivity index (χ1v) is 5.01. The fraction of sp³-hybridized carbons (Fsp3) is 0.200. The van der Waals surface area contributed by atoms with Crippen LogP contribution in [0.5, 0.6) is 0 Å². The standard InChI is InChI=1S/C10H11N5O2/c1-2-17-10(16)7-5-14-15(6-7)9-8(11)12-3-4-13-9/h3-6H,2H2,1H3,(H2,11,12). The van der Waals surface area contributed by atoms with Gasteiger partial charge >= 0.3 is 5.97 Å². The van der Waals surface area contributed by atoms with Crippen LogP contribution >= 0.6 is 0 Å². The number of carbonyl (C=O) groups is 1. The van der Waals surface area contributed by atoms with Crippen LogP contribution < -0.4 is 5.73 Å². The Hall–Kier alpha value is -2.44. The second-order valence-electron chi connectivity index (χ2n) is 3.16. The Morgan fingerprint density at radius 3 is 2.94 bits per heavy atom. The van der Waals surface area contributed by atoms with Gasteiger partial charge in [0.2, 0.25) is 0 Å². The maximum Gasteiger partial charge on any atom is 0.341 e. The molecular formula is C10H11N5O2. The smallest absolute Gasteiger partial charge is 0.341 e. The van der Waals surface area contributed by atoms with Crippen LogP contribution in [-0.4, -0.2) is 32.3 Å². The summed E-state index contributed by atoms with van der Waals surface area (Å²) in [7, 11) is 0. The van der Waals surface area contributed by atoms with E-state index in [1.807, 2.05) is 0 Å². The maximum absolute atomic E-state index is 11.4. The number of nitrogens with zero attached hydrogens (tertiary/aromatic N) is 4. The first kappa shape index (κ1) is 11.1. The predicted molar refractivity (Wildman–Crippen MR) is 59.5 cm³/mol. The van der Waals surface area contributed by atoms with E-state index in [0.717, 1.165) is 0 Å². The van der Waals surface area contributed by atoms with Crippen LogP contribution in [0.4, 0.5) is 5.82 Å². The molecule has 0 spiro atoms. The molecule has 0 aliphatic carbocycles. The van der Waals surface area contributed by atoms with E-state index in [1.54, 1.807) is 6.92 Å². The highest BCUT2D eigenvalue weighted by Gasteiger charge is 2.12. The lowest BCUT2D eigenvalue weighted by molar-refractivity contribution is 0.0526. The quantitative estimate of drug-likeness (QED) is 0.772. The van der Waals surface area contributed by atoms with Gasteiger partial charge in [0.05, 0.1) is 18.4 Å². The summed E-state index contributed by atoms with van der Waals surface area (Å²) in [6.45, 7) is 2.06. The topological polar surface area (TPSA) is 95.9 Å². The number of rotatable bonds is 3. The lowest BCUT2D eigenvalue weighted by Gasteiger charge is -2.01. The monoisotopic (exact) mass is 233 g/mol. The van der Waals surface area contributed by atoms with Gasteiger partial charge in [0.25, 0.3) is 0 Å². The van der Waals surface area contributed by atoms with Crippen LogP contribution in [0.25, 0.3) is 5.82 Å². The van der Waals surface area contributed by atoms with E-state index >= 15 is 0 Å². The molecule has 2 aromatic heterocycles. The summed E-state index contributed by atoms with van der Waals surface area (Å²) in [6, 6.07) is 0. The van der Waals surface area contributed by atoms with Crippen molar-refractivity contribution in [1.29, 1.82) is 0 Å². The van der Waals surface area contributed by atoms with Crippen molar-refractivity contribution in [2.24, 2.45) is 0 Å². The van der Waals surface area contributed by atoms with Gasteiger partial charge in [-0.1, -0.05) is 0 Å². The summed E-state index contributed by atoms with van der Waals surface area (Å²) in [6.07, 6.45) is 5.87. The van der Waals surface area contributed by atoms with Crippen LogP contribution in [0.2, 0.25) is 0 Å². The number of hydrogen-bond acceptors (Lipinski definition) is 6. The first-order valence-electron chi connectivity index (χ1n) is 5.01. The summed E-state index contributed by atoms with van der Waals surface area (Å²) in [5, 5.41) is 3.98. The Labute approximate surface area is 97.2 Å². The zero-order chi connectivity index (χ0) is 12.3. The van der Waals surface area contributed by atoms with E-state index in [2.05, 4.69) is 15.1 Å². The molecule has 2 N–H and O–H groups in total. The number of esters is 1. The first-order chi connectivity index (χ1) is 8.22.